The fourth-order valence-corrected chi connectivity index (χ4v) is 2.85. The molecule has 1 aliphatic heterocycles. The highest BCUT2D eigenvalue weighted by atomic mass is 16.5. The molecule has 1 amide bonds. The molecular formula is C18H25NO6. The van der Waals surface area contributed by atoms with E-state index in [2.05, 4.69) is 0 Å². The highest BCUT2D eigenvalue weighted by Gasteiger charge is 2.25. The lowest BCUT2D eigenvalue weighted by Crippen LogP contribution is -2.43. The van der Waals surface area contributed by atoms with Gasteiger partial charge in [-0.25, -0.2) is 4.79 Å². The van der Waals surface area contributed by atoms with Crippen LogP contribution in [0.15, 0.2) is 18.2 Å². The number of ether oxygens (including phenoxy) is 3. The number of hydrogen-bond donors (Lipinski definition) is 1. The molecule has 1 aromatic carbocycles. The summed E-state index contributed by atoms with van der Waals surface area (Å²) in [5.41, 5.74) is 0.489. The van der Waals surface area contributed by atoms with Crippen LogP contribution in [0, 0.1) is 0 Å². The topological polar surface area (TPSA) is 85.3 Å². The van der Waals surface area contributed by atoms with Crippen molar-refractivity contribution >= 4 is 11.9 Å². The molecule has 138 valence electrons. The number of benzene rings is 1. The SMILES string of the molecule is CCOc1cc(C(=O)N2CCC[C@@H](OCC)C2)ccc1OCC(=O)O. The van der Waals surface area contributed by atoms with Crippen LogP contribution >= 0.6 is 0 Å². The first-order valence-corrected chi connectivity index (χ1v) is 8.57. The third-order valence-corrected chi connectivity index (χ3v) is 3.91. The predicted octanol–water partition coefficient (Wildman–Crippen LogP) is 2.19. The van der Waals surface area contributed by atoms with Crippen LogP contribution in [0.3, 0.4) is 0 Å². The van der Waals surface area contributed by atoms with Crippen LogP contribution < -0.4 is 9.47 Å². The number of amides is 1. The molecule has 1 N–H and O–H groups in total. The smallest absolute Gasteiger partial charge is 0.341 e. The molecule has 0 unspecified atom stereocenters. The number of rotatable bonds is 8. The van der Waals surface area contributed by atoms with Gasteiger partial charge in [0.05, 0.1) is 12.7 Å². The van der Waals surface area contributed by atoms with Gasteiger partial charge >= 0.3 is 5.97 Å². The van der Waals surface area contributed by atoms with Crippen LogP contribution in [0.5, 0.6) is 11.5 Å². The molecule has 0 aromatic heterocycles. The van der Waals surface area contributed by atoms with Gasteiger partial charge in [0.25, 0.3) is 5.91 Å². The summed E-state index contributed by atoms with van der Waals surface area (Å²) < 4.78 is 16.3. The number of piperidine rings is 1. The van der Waals surface area contributed by atoms with Crippen molar-refractivity contribution in [1.82, 2.24) is 4.90 Å². The highest BCUT2D eigenvalue weighted by molar-refractivity contribution is 5.95. The summed E-state index contributed by atoms with van der Waals surface area (Å²) in [4.78, 5) is 25.2. The van der Waals surface area contributed by atoms with Crippen molar-refractivity contribution in [2.24, 2.45) is 0 Å². The van der Waals surface area contributed by atoms with Crippen LogP contribution in [-0.4, -0.2) is 60.9 Å². The second-order valence-electron chi connectivity index (χ2n) is 5.75. The summed E-state index contributed by atoms with van der Waals surface area (Å²) in [5, 5.41) is 8.74. The Morgan fingerprint density at radius 2 is 2.00 bits per heavy atom. The van der Waals surface area contributed by atoms with Crippen molar-refractivity contribution in [3.05, 3.63) is 23.8 Å². The van der Waals surface area contributed by atoms with Gasteiger partial charge in [-0.2, -0.15) is 0 Å². The third kappa shape index (κ3) is 5.35. The van der Waals surface area contributed by atoms with E-state index in [0.29, 0.717) is 43.4 Å². The Hall–Kier alpha value is -2.28. The molecule has 0 bridgehead atoms. The fraction of sp³-hybridized carbons (Fsp3) is 0.556. The van der Waals surface area contributed by atoms with E-state index in [1.807, 2.05) is 13.8 Å². The van der Waals surface area contributed by atoms with E-state index in [1.54, 1.807) is 23.1 Å². The molecule has 2 rings (SSSR count). The van der Waals surface area contributed by atoms with Crippen molar-refractivity contribution in [2.45, 2.75) is 32.8 Å². The molecule has 1 aromatic rings. The number of likely N-dealkylation sites (tertiary alicyclic amines) is 1. The number of carboxylic acids is 1. The number of nitrogens with zero attached hydrogens (tertiary/aromatic N) is 1. The highest BCUT2D eigenvalue weighted by Crippen LogP contribution is 2.29. The third-order valence-electron chi connectivity index (χ3n) is 3.91. The minimum Gasteiger partial charge on any atom is -0.490 e. The lowest BCUT2D eigenvalue weighted by molar-refractivity contribution is -0.139. The summed E-state index contributed by atoms with van der Waals surface area (Å²) in [6, 6.07) is 4.81. The van der Waals surface area contributed by atoms with Crippen LogP contribution in [-0.2, 0) is 9.53 Å². The second-order valence-corrected chi connectivity index (χ2v) is 5.75. The molecule has 25 heavy (non-hydrogen) atoms. The Morgan fingerprint density at radius 1 is 1.20 bits per heavy atom. The molecule has 0 aliphatic carbocycles. The Kier molecular flexibility index (Phi) is 7.06. The Bertz CT molecular complexity index is 601. The van der Waals surface area contributed by atoms with Crippen LogP contribution in [0.25, 0.3) is 0 Å². The largest absolute Gasteiger partial charge is 0.490 e. The van der Waals surface area contributed by atoms with E-state index in [9.17, 15) is 9.59 Å². The number of carbonyl (C=O) groups excluding carboxylic acids is 1. The van der Waals surface area contributed by atoms with Crippen molar-refractivity contribution in [3.63, 3.8) is 0 Å². The Morgan fingerprint density at radius 3 is 2.68 bits per heavy atom. The van der Waals surface area contributed by atoms with Crippen molar-refractivity contribution in [3.8, 4) is 11.5 Å². The molecular weight excluding hydrogens is 326 g/mol. The minimum atomic E-state index is -1.07. The van der Waals surface area contributed by atoms with Gasteiger partial charge in [-0.3, -0.25) is 4.79 Å². The van der Waals surface area contributed by atoms with E-state index < -0.39 is 12.6 Å². The summed E-state index contributed by atoms with van der Waals surface area (Å²) >= 11 is 0. The van der Waals surface area contributed by atoms with Gasteiger partial charge in [-0.15, -0.1) is 0 Å². The quantitative estimate of drug-likeness (QED) is 0.773. The van der Waals surface area contributed by atoms with Gasteiger partial charge in [0.15, 0.2) is 18.1 Å². The summed E-state index contributed by atoms with van der Waals surface area (Å²) in [5.74, 6) is -0.479. The zero-order chi connectivity index (χ0) is 18.2. The lowest BCUT2D eigenvalue weighted by atomic mass is 10.1. The van der Waals surface area contributed by atoms with Gasteiger partial charge in [-0.05, 0) is 44.9 Å². The van der Waals surface area contributed by atoms with E-state index >= 15 is 0 Å². The number of hydrogen-bond acceptors (Lipinski definition) is 5. The average Bonchev–Trinajstić information content (AvgIpc) is 2.60. The normalized spacial score (nSPS) is 17.2. The summed E-state index contributed by atoms with van der Waals surface area (Å²) in [6.07, 6.45) is 1.95. The molecule has 1 atom stereocenters. The van der Waals surface area contributed by atoms with Crippen LogP contribution in [0.1, 0.15) is 37.0 Å². The molecule has 0 saturated carbocycles. The average molecular weight is 351 g/mol. The fourth-order valence-electron chi connectivity index (χ4n) is 2.85. The number of carboxylic acid groups (broad SMARTS) is 1. The first-order valence-electron chi connectivity index (χ1n) is 8.57. The first kappa shape index (κ1) is 19.1. The molecule has 1 aliphatic rings. The van der Waals surface area contributed by atoms with Gasteiger partial charge in [0.1, 0.15) is 0 Å². The van der Waals surface area contributed by atoms with E-state index in [-0.39, 0.29) is 12.0 Å². The van der Waals surface area contributed by atoms with Crippen molar-refractivity contribution < 1.29 is 28.9 Å². The number of carbonyl (C=O) groups is 2. The standard InChI is InChI=1S/C18H25NO6/c1-3-23-14-6-5-9-19(11-14)18(22)13-7-8-15(25-12-17(20)21)16(10-13)24-4-2/h7-8,10,14H,3-6,9,11-12H2,1-2H3,(H,20,21)/t14-/m1/s1. The molecule has 1 heterocycles. The van der Waals surface area contributed by atoms with Gasteiger partial charge in [0, 0.05) is 25.3 Å². The van der Waals surface area contributed by atoms with Gasteiger partial charge < -0.3 is 24.2 Å². The maximum absolute atomic E-state index is 12.8. The zero-order valence-corrected chi connectivity index (χ0v) is 14.7. The van der Waals surface area contributed by atoms with Gasteiger partial charge in [0.2, 0.25) is 0 Å². The van der Waals surface area contributed by atoms with E-state index in [1.165, 1.54) is 0 Å². The van der Waals surface area contributed by atoms with Crippen LogP contribution in [0.4, 0.5) is 0 Å². The second kappa shape index (κ2) is 9.27. The molecule has 7 nitrogen and oxygen atoms in total. The molecule has 0 radical (unpaired) electrons. The van der Waals surface area contributed by atoms with Crippen molar-refractivity contribution in [2.75, 3.05) is 32.9 Å². The van der Waals surface area contributed by atoms with E-state index in [4.69, 9.17) is 19.3 Å². The van der Waals surface area contributed by atoms with Gasteiger partial charge in [-0.1, -0.05) is 0 Å². The summed E-state index contributed by atoms with van der Waals surface area (Å²) in [7, 11) is 0. The zero-order valence-electron chi connectivity index (χ0n) is 14.7. The predicted molar refractivity (Wildman–Crippen MR) is 91.3 cm³/mol. The minimum absolute atomic E-state index is 0.0761. The van der Waals surface area contributed by atoms with Crippen LogP contribution in [0.2, 0.25) is 0 Å². The Labute approximate surface area is 147 Å². The summed E-state index contributed by atoms with van der Waals surface area (Å²) in [6.45, 7) is 5.60. The molecule has 7 heteroatoms. The Balaban J connectivity index is 2.13. The molecule has 1 fully saturated rings. The first-order chi connectivity index (χ1) is 12.0. The maximum Gasteiger partial charge on any atom is 0.341 e. The molecule has 1 saturated heterocycles. The maximum atomic E-state index is 12.8. The van der Waals surface area contributed by atoms with Crippen molar-refractivity contribution in [1.29, 1.82) is 0 Å². The molecule has 0 spiro atoms. The number of aliphatic carboxylic acids is 1. The lowest BCUT2D eigenvalue weighted by Gasteiger charge is -2.32. The monoisotopic (exact) mass is 351 g/mol. The van der Waals surface area contributed by atoms with E-state index in [0.717, 1.165) is 12.8 Å².